The van der Waals surface area contributed by atoms with Gasteiger partial charge in [0.25, 0.3) is 0 Å². The Bertz CT molecular complexity index is 508. The molecule has 0 aliphatic carbocycles. The number of aryl methyl sites for hydroxylation is 3. The van der Waals surface area contributed by atoms with Crippen LogP contribution in [0.3, 0.4) is 0 Å². The zero-order chi connectivity index (χ0) is 12.4. The SMILES string of the molecule is Cc1cc(C)c(NCc2sccc2C)c(Br)c1. The second kappa shape index (κ2) is 5.23. The Morgan fingerprint density at radius 3 is 2.53 bits per heavy atom. The van der Waals surface area contributed by atoms with Gasteiger partial charge in [-0.2, -0.15) is 0 Å². The first-order chi connectivity index (χ1) is 8.08. The maximum absolute atomic E-state index is 3.62. The number of nitrogens with one attached hydrogen (secondary N) is 1. The molecule has 1 N–H and O–H groups in total. The van der Waals surface area contributed by atoms with Gasteiger partial charge < -0.3 is 5.32 Å². The lowest BCUT2D eigenvalue weighted by atomic mass is 10.1. The molecule has 0 saturated carbocycles. The Labute approximate surface area is 115 Å². The summed E-state index contributed by atoms with van der Waals surface area (Å²) >= 11 is 5.43. The van der Waals surface area contributed by atoms with Crippen LogP contribution in [0.15, 0.2) is 28.1 Å². The predicted molar refractivity (Wildman–Crippen MR) is 80.0 cm³/mol. The molecule has 3 heteroatoms. The summed E-state index contributed by atoms with van der Waals surface area (Å²) in [5.74, 6) is 0. The zero-order valence-corrected chi connectivity index (χ0v) is 12.7. The number of anilines is 1. The lowest BCUT2D eigenvalue weighted by molar-refractivity contribution is 1.15. The third-order valence-electron chi connectivity index (χ3n) is 2.83. The van der Waals surface area contributed by atoms with E-state index in [9.17, 15) is 0 Å². The second-order valence-corrected chi connectivity index (χ2v) is 6.17. The van der Waals surface area contributed by atoms with Crippen molar-refractivity contribution in [3.05, 3.63) is 49.6 Å². The van der Waals surface area contributed by atoms with Crippen LogP contribution in [-0.2, 0) is 6.54 Å². The topological polar surface area (TPSA) is 12.0 Å². The number of hydrogen-bond donors (Lipinski definition) is 1. The van der Waals surface area contributed by atoms with Crippen molar-refractivity contribution >= 4 is 33.0 Å². The summed E-state index contributed by atoms with van der Waals surface area (Å²) in [6.45, 7) is 7.31. The normalized spacial score (nSPS) is 10.6. The number of thiophene rings is 1. The van der Waals surface area contributed by atoms with E-state index in [1.165, 1.54) is 27.3 Å². The van der Waals surface area contributed by atoms with E-state index in [-0.39, 0.29) is 0 Å². The smallest absolute Gasteiger partial charge is 0.0517 e. The summed E-state index contributed by atoms with van der Waals surface area (Å²) in [6.07, 6.45) is 0. The molecule has 1 heterocycles. The average Bonchev–Trinajstić information content (AvgIpc) is 2.62. The van der Waals surface area contributed by atoms with Crippen molar-refractivity contribution in [2.24, 2.45) is 0 Å². The van der Waals surface area contributed by atoms with E-state index in [1.807, 2.05) is 0 Å². The van der Waals surface area contributed by atoms with Crippen molar-refractivity contribution in [1.82, 2.24) is 0 Å². The minimum atomic E-state index is 0.895. The van der Waals surface area contributed by atoms with E-state index < -0.39 is 0 Å². The molecule has 17 heavy (non-hydrogen) atoms. The van der Waals surface area contributed by atoms with Crippen LogP contribution in [0.2, 0.25) is 0 Å². The zero-order valence-electron chi connectivity index (χ0n) is 10.3. The molecule has 0 aliphatic heterocycles. The standard InChI is InChI=1S/C14H16BrNS/c1-9-6-11(3)14(12(15)7-9)16-8-13-10(2)4-5-17-13/h4-7,16H,8H2,1-3H3. The molecule has 1 aromatic carbocycles. The quantitative estimate of drug-likeness (QED) is 0.836. The van der Waals surface area contributed by atoms with Gasteiger partial charge >= 0.3 is 0 Å². The van der Waals surface area contributed by atoms with Gasteiger partial charge in [0.2, 0.25) is 0 Å². The van der Waals surface area contributed by atoms with Gasteiger partial charge in [-0.15, -0.1) is 11.3 Å². The maximum Gasteiger partial charge on any atom is 0.0517 e. The largest absolute Gasteiger partial charge is 0.379 e. The number of benzene rings is 1. The molecule has 2 rings (SSSR count). The molecule has 1 aromatic heterocycles. The first-order valence-corrected chi connectivity index (χ1v) is 7.29. The summed E-state index contributed by atoms with van der Waals surface area (Å²) in [5, 5.41) is 5.66. The lowest BCUT2D eigenvalue weighted by Gasteiger charge is -2.12. The molecular formula is C14H16BrNS. The van der Waals surface area contributed by atoms with Crippen LogP contribution in [0.25, 0.3) is 0 Å². The Morgan fingerprint density at radius 1 is 1.18 bits per heavy atom. The summed E-state index contributed by atoms with van der Waals surface area (Å²) in [4.78, 5) is 1.40. The van der Waals surface area contributed by atoms with Crippen LogP contribution >= 0.6 is 27.3 Å². The average molecular weight is 310 g/mol. The van der Waals surface area contributed by atoms with Crippen molar-refractivity contribution in [2.75, 3.05) is 5.32 Å². The van der Waals surface area contributed by atoms with E-state index in [0.717, 1.165) is 11.0 Å². The summed E-state index contributed by atoms with van der Waals surface area (Å²) in [5.41, 5.74) is 5.13. The molecule has 0 fully saturated rings. The van der Waals surface area contributed by atoms with Gasteiger partial charge in [0.15, 0.2) is 0 Å². The predicted octanol–water partition coefficient (Wildman–Crippen LogP) is 5.05. The van der Waals surface area contributed by atoms with Crippen LogP contribution in [0, 0.1) is 20.8 Å². The van der Waals surface area contributed by atoms with Gasteiger partial charge in [0.1, 0.15) is 0 Å². The number of halogens is 1. The molecule has 0 unspecified atom stereocenters. The van der Waals surface area contributed by atoms with Crippen LogP contribution in [-0.4, -0.2) is 0 Å². The fraction of sp³-hybridized carbons (Fsp3) is 0.286. The Balaban J connectivity index is 2.17. The van der Waals surface area contributed by atoms with Crippen LogP contribution in [0.4, 0.5) is 5.69 Å². The van der Waals surface area contributed by atoms with E-state index in [4.69, 9.17) is 0 Å². The maximum atomic E-state index is 3.62. The summed E-state index contributed by atoms with van der Waals surface area (Å²) in [6, 6.07) is 6.52. The van der Waals surface area contributed by atoms with E-state index in [1.54, 1.807) is 11.3 Å². The van der Waals surface area contributed by atoms with Gasteiger partial charge in [0.05, 0.1) is 5.69 Å². The van der Waals surface area contributed by atoms with Crippen LogP contribution in [0.1, 0.15) is 21.6 Å². The van der Waals surface area contributed by atoms with Crippen LogP contribution in [0.5, 0.6) is 0 Å². The van der Waals surface area contributed by atoms with Crippen LogP contribution < -0.4 is 5.32 Å². The first kappa shape index (κ1) is 12.7. The molecule has 0 saturated heterocycles. The van der Waals surface area contributed by atoms with Gasteiger partial charge in [0, 0.05) is 15.9 Å². The fourth-order valence-electron chi connectivity index (χ4n) is 1.89. The molecule has 0 atom stereocenters. The highest BCUT2D eigenvalue weighted by atomic mass is 79.9. The highest BCUT2D eigenvalue weighted by Crippen LogP contribution is 2.29. The van der Waals surface area contributed by atoms with Gasteiger partial charge in [-0.3, -0.25) is 0 Å². The molecule has 0 spiro atoms. The second-order valence-electron chi connectivity index (χ2n) is 4.32. The van der Waals surface area contributed by atoms with Crippen molar-refractivity contribution < 1.29 is 0 Å². The molecule has 1 nitrogen and oxygen atoms in total. The molecular weight excluding hydrogens is 294 g/mol. The molecule has 2 aromatic rings. The Hall–Kier alpha value is -0.800. The number of rotatable bonds is 3. The molecule has 0 amide bonds. The van der Waals surface area contributed by atoms with Crippen molar-refractivity contribution in [3.8, 4) is 0 Å². The number of hydrogen-bond acceptors (Lipinski definition) is 2. The van der Waals surface area contributed by atoms with Gasteiger partial charge in [-0.05, 0) is 70.9 Å². The molecule has 0 bridgehead atoms. The van der Waals surface area contributed by atoms with Crippen molar-refractivity contribution in [3.63, 3.8) is 0 Å². The first-order valence-electron chi connectivity index (χ1n) is 5.61. The van der Waals surface area contributed by atoms with E-state index in [2.05, 4.69) is 65.6 Å². The van der Waals surface area contributed by atoms with Crippen molar-refractivity contribution in [2.45, 2.75) is 27.3 Å². The fourth-order valence-corrected chi connectivity index (χ4v) is 3.55. The Morgan fingerprint density at radius 2 is 1.94 bits per heavy atom. The highest BCUT2D eigenvalue weighted by Gasteiger charge is 2.06. The minimum absolute atomic E-state index is 0.895. The van der Waals surface area contributed by atoms with Crippen molar-refractivity contribution in [1.29, 1.82) is 0 Å². The van der Waals surface area contributed by atoms with E-state index >= 15 is 0 Å². The third kappa shape index (κ3) is 2.90. The highest BCUT2D eigenvalue weighted by molar-refractivity contribution is 9.10. The van der Waals surface area contributed by atoms with E-state index in [0.29, 0.717) is 0 Å². The lowest BCUT2D eigenvalue weighted by Crippen LogP contribution is -2.01. The molecule has 0 aliphatic rings. The molecule has 90 valence electrons. The summed E-state index contributed by atoms with van der Waals surface area (Å²) < 4.78 is 1.14. The summed E-state index contributed by atoms with van der Waals surface area (Å²) in [7, 11) is 0. The molecule has 0 radical (unpaired) electrons. The Kier molecular flexibility index (Phi) is 3.89. The minimum Gasteiger partial charge on any atom is -0.379 e. The van der Waals surface area contributed by atoms with Gasteiger partial charge in [-0.25, -0.2) is 0 Å². The third-order valence-corrected chi connectivity index (χ3v) is 4.47. The van der Waals surface area contributed by atoms with Gasteiger partial charge in [-0.1, -0.05) is 6.07 Å². The monoisotopic (exact) mass is 309 g/mol.